The van der Waals surface area contributed by atoms with E-state index in [1.807, 2.05) is 44.2 Å². The van der Waals surface area contributed by atoms with Crippen LogP contribution in [0.15, 0.2) is 54.6 Å². The van der Waals surface area contributed by atoms with Crippen LogP contribution in [0.3, 0.4) is 0 Å². The van der Waals surface area contributed by atoms with E-state index in [2.05, 4.69) is 10.9 Å². The highest BCUT2D eigenvalue weighted by Gasteiger charge is 2.26. The van der Waals surface area contributed by atoms with Gasteiger partial charge in [-0.2, -0.15) is 0 Å². The maximum atomic E-state index is 12.9. The lowest BCUT2D eigenvalue weighted by Crippen LogP contribution is -2.45. The first kappa shape index (κ1) is 17.7. The molecule has 2 atom stereocenters. The number of hydrogen-bond acceptors (Lipinski definition) is 2. The van der Waals surface area contributed by atoms with E-state index in [-0.39, 0.29) is 23.3 Å². The highest BCUT2D eigenvalue weighted by molar-refractivity contribution is 5.96. The maximum Gasteiger partial charge on any atom is 0.269 e. The molecule has 0 bridgehead atoms. The summed E-state index contributed by atoms with van der Waals surface area (Å²) in [5.41, 5.74) is 6.04. The van der Waals surface area contributed by atoms with Gasteiger partial charge in [-0.15, -0.1) is 0 Å². The van der Waals surface area contributed by atoms with Gasteiger partial charge in [0.15, 0.2) is 0 Å². The normalized spacial score (nSPS) is 13.0. The Labute approximate surface area is 141 Å². The monoisotopic (exact) mass is 328 g/mol. The lowest BCUT2D eigenvalue weighted by Gasteiger charge is -2.22. The van der Waals surface area contributed by atoms with Crippen molar-refractivity contribution in [3.8, 4) is 0 Å². The number of halogens is 1. The molecule has 2 rings (SSSR count). The van der Waals surface area contributed by atoms with Crippen LogP contribution in [0.5, 0.6) is 0 Å². The third-order valence-corrected chi connectivity index (χ3v) is 4.06. The van der Waals surface area contributed by atoms with Gasteiger partial charge in [0.25, 0.3) is 5.91 Å². The minimum absolute atomic E-state index is 0.120. The number of nitrogens with one attached hydrogen (secondary N) is 2. The van der Waals surface area contributed by atoms with Crippen molar-refractivity contribution in [2.24, 2.45) is 5.92 Å². The van der Waals surface area contributed by atoms with E-state index in [1.54, 1.807) is 0 Å². The summed E-state index contributed by atoms with van der Waals surface area (Å²) in [5, 5.41) is 0. The van der Waals surface area contributed by atoms with Crippen molar-refractivity contribution in [1.29, 1.82) is 0 Å². The van der Waals surface area contributed by atoms with Crippen LogP contribution in [0.25, 0.3) is 0 Å². The number of benzene rings is 2. The largest absolute Gasteiger partial charge is 0.273 e. The summed E-state index contributed by atoms with van der Waals surface area (Å²) in [5.74, 6) is -1.42. The predicted octanol–water partition coefficient (Wildman–Crippen LogP) is 3.42. The molecule has 5 heteroatoms. The van der Waals surface area contributed by atoms with Crippen LogP contribution in [-0.2, 0) is 4.79 Å². The smallest absolute Gasteiger partial charge is 0.269 e. The summed E-state index contributed by atoms with van der Waals surface area (Å²) in [6, 6.07) is 14.6. The molecule has 0 saturated carbocycles. The molecule has 2 amide bonds. The van der Waals surface area contributed by atoms with Gasteiger partial charge in [-0.1, -0.05) is 50.6 Å². The van der Waals surface area contributed by atoms with Crippen LogP contribution in [-0.4, -0.2) is 11.8 Å². The summed E-state index contributed by atoms with van der Waals surface area (Å²) < 4.78 is 12.9. The molecule has 0 fully saturated rings. The molecular weight excluding hydrogens is 307 g/mol. The summed E-state index contributed by atoms with van der Waals surface area (Å²) in [7, 11) is 0. The van der Waals surface area contributed by atoms with Crippen molar-refractivity contribution >= 4 is 11.8 Å². The summed E-state index contributed by atoms with van der Waals surface area (Å²) in [6.07, 6.45) is 0.832. The number of amides is 2. The van der Waals surface area contributed by atoms with Gasteiger partial charge in [0.1, 0.15) is 5.82 Å². The Kier molecular flexibility index (Phi) is 6.07. The molecule has 0 heterocycles. The van der Waals surface area contributed by atoms with Gasteiger partial charge >= 0.3 is 0 Å². The molecule has 0 unspecified atom stereocenters. The molecule has 0 aromatic heterocycles. The Morgan fingerprint density at radius 1 is 1.00 bits per heavy atom. The van der Waals surface area contributed by atoms with Gasteiger partial charge in [-0.25, -0.2) is 4.39 Å². The SMILES string of the molecule is CC[C@H](C)[C@H](C(=O)NNC(=O)c1ccc(F)cc1)c1ccccc1. The molecule has 0 radical (unpaired) electrons. The molecule has 0 spiro atoms. The van der Waals surface area contributed by atoms with E-state index in [0.717, 1.165) is 12.0 Å². The predicted molar refractivity (Wildman–Crippen MR) is 90.6 cm³/mol. The van der Waals surface area contributed by atoms with Crippen molar-refractivity contribution in [1.82, 2.24) is 10.9 Å². The molecule has 126 valence electrons. The molecule has 0 aliphatic rings. The fraction of sp³-hybridized carbons (Fsp3) is 0.263. The molecule has 2 N–H and O–H groups in total. The lowest BCUT2D eigenvalue weighted by atomic mass is 9.85. The number of carbonyl (C=O) groups excluding carboxylic acids is 2. The molecule has 0 aliphatic carbocycles. The van der Waals surface area contributed by atoms with Gasteiger partial charge in [-0.05, 0) is 35.7 Å². The van der Waals surface area contributed by atoms with Crippen LogP contribution in [0.1, 0.15) is 42.1 Å². The first-order chi connectivity index (χ1) is 11.5. The van der Waals surface area contributed by atoms with Gasteiger partial charge in [-0.3, -0.25) is 20.4 Å². The van der Waals surface area contributed by atoms with Crippen LogP contribution in [0.4, 0.5) is 4.39 Å². The van der Waals surface area contributed by atoms with E-state index >= 15 is 0 Å². The third-order valence-electron chi connectivity index (χ3n) is 4.06. The van der Waals surface area contributed by atoms with E-state index < -0.39 is 11.7 Å². The zero-order valence-electron chi connectivity index (χ0n) is 13.8. The van der Waals surface area contributed by atoms with Crippen LogP contribution >= 0.6 is 0 Å². The van der Waals surface area contributed by atoms with E-state index in [0.29, 0.717) is 0 Å². The van der Waals surface area contributed by atoms with Crippen molar-refractivity contribution < 1.29 is 14.0 Å². The fourth-order valence-corrected chi connectivity index (χ4v) is 2.50. The molecule has 4 nitrogen and oxygen atoms in total. The highest BCUT2D eigenvalue weighted by Crippen LogP contribution is 2.26. The average molecular weight is 328 g/mol. The Morgan fingerprint density at radius 2 is 1.62 bits per heavy atom. The summed E-state index contributed by atoms with van der Waals surface area (Å²) in [6.45, 7) is 4.02. The van der Waals surface area contributed by atoms with Gasteiger partial charge < -0.3 is 0 Å². The highest BCUT2D eigenvalue weighted by atomic mass is 19.1. The quantitative estimate of drug-likeness (QED) is 0.826. The molecule has 0 saturated heterocycles. The Hall–Kier alpha value is -2.69. The van der Waals surface area contributed by atoms with Crippen LogP contribution in [0.2, 0.25) is 0 Å². The average Bonchev–Trinajstić information content (AvgIpc) is 2.61. The minimum atomic E-state index is -0.487. The van der Waals surface area contributed by atoms with Crippen LogP contribution < -0.4 is 10.9 Å². The van der Waals surface area contributed by atoms with Gasteiger partial charge in [0.05, 0.1) is 5.92 Å². The first-order valence-electron chi connectivity index (χ1n) is 7.93. The topological polar surface area (TPSA) is 58.2 Å². The number of rotatable bonds is 5. The lowest BCUT2D eigenvalue weighted by molar-refractivity contribution is -0.124. The molecule has 2 aromatic rings. The second kappa shape index (κ2) is 8.24. The summed E-state index contributed by atoms with van der Waals surface area (Å²) in [4.78, 5) is 24.6. The zero-order valence-corrected chi connectivity index (χ0v) is 13.8. The van der Waals surface area contributed by atoms with Gasteiger partial charge in [0, 0.05) is 5.56 Å². The fourth-order valence-electron chi connectivity index (χ4n) is 2.50. The Balaban J connectivity index is 2.05. The second-order valence-electron chi connectivity index (χ2n) is 5.72. The maximum absolute atomic E-state index is 12.9. The van der Waals surface area contributed by atoms with Crippen molar-refractivity contribution in [2.75, 3.05) is 0 Å². The van der Waals surface area contributed by atoms with Gasteiger partial charge in [0.2, 0.25) is 5.91 Å². The zero-order chi connectivity index (χ0) is 17.5. The molecule has 0 aliphatic heterocycles. The van der Waals surface area contributed by atoms with Crippen molar-refractivity contribution in [3.63, 3.8) is 0 Å². The number of hydrazine groups is 1. The molecular formula is C19H21FN2O2. The van der Waals surface area contributed by atoms with Crippen LogP contribution in [0, 0.1) is 11.7 Å². The standard InChI is InChI=1S/C19H21FN2O2/c1-3-13(2)17(14-7-5-4-6-8-14)19(24)22-21-18(23)15-9-11-16(20)12-10-15/h4-13,17H,3H2,1-2H3,(H,21,23)(H,22,24)/t13-,17-/m0/s1. The minimum Gasteiger partial charge on any atom is -0.273 e. The Bertz CT molecular complexity index is 686. The van der Waals surface area contributed by atoms with E-state index in [1.165, 1.54) is 24.3 Å². The second-order valence-corrected chi connectivity index (χ2v) is 5.72. The summed E-state index contributed by atoms with van der Waals surface area (Å²) >= 11 is 0. The first-order valence-corrected chi connectivity index (χ1v) is 7.93. The van der Waals surface area contributed by atoms with E-state index in [4.69, 9.17) is 0 Å². The Morgan fingerprint density at radius 3 is 2.21 bits per heavy atom. The third kappa shape index (κ3) is 4.41. The van der Waals surface area contributed by atoms with E-state index in [9.17, 15) is 14.0 Å². The van der Waals surface area contributed by atoms with Crippen molar-refractivity contribution in [2.45, 2.75) is 26.2 Å². The van der Waals surface area contributed by atoms with Crippen molar-refractivity contribution in [3.05, 3.63) is 71.5 Å². The number of carbonyl (C=O) groups is 2. The molecule has 24 heavy (non-hydrogen) atoms. The number of hydrogen-bond donors (Lipinski definition) is 2. The molecule has 2 aromatic carbocycles.